The third-order valence-corrected chi connectivity index (χ3v) is 2.31. The Bertz CT molecular complexity index is 597. The van der Waals surface area contributed by atoms with E-state index in [0.717, 1.165) is 14.9 Å². The van der Waals surface area contributed by atoms with Crippen LogP contribution in [0.1, 0.15) is 21.7 Å². The first-order valence-electron chi connectivity index (χ1n) is 4.96. The van der Waals surface area contributed by atoms with Crippen molar-refractivity contribution in [2.24, 2.45) is 7.05 Å². The molecule has 0 amide bonds. The number of hydrogen-bond acceptors (Lipinski definition) is 3. The number of hydrogen-bond donors (Lipinski definition) is 0. The Hall–Kier alpha value is -2.12. The van der Waals surface area contributed by atoms with Crippen molar-refractivity contribution in [3.63, 3.8) is 0 Å². The van der Waals surface area contributed by atoms with Crippen LogP contribution in [0, 0.1) is 6.92 Å². The number of rotatable bonds is 1. The maximum Gasteiger partial charge on any atom is 0.435 e. The highest BCUT2D eigenvalue weighted by Gasteiger charge is 2.35. The molecule has 5 nitrogen and oxygen atoms in total. The highest BCUT2D eigenvalue weighted by atomic mass is 19.4. The zero-order valence-electron chi connectivity index (χ0n) is 9.56. The fourth-order valence-corrected chi connectivity index (χ4v) is 1.45. The minimum atomic E-state index is -4.57. The normalized spacial score (nSPS) is 11.8. The minimum absolute atomic E-state index is 0.176. The molecule has 0 aliphatic carbocycles. The summed E-state index contributed by atoms with van der Waals surface area (Å²) in [7, 11) is 1.28. The van der Waals surface area contributed by atoms with E-state index in [9.17, 15) is 18.0 Å². The van der Waals surface area contributed by atoms with E-state index in [-0.39, 0.29) is 5.69 Å². The highest BCUT2D eigenvalue weighted by molar-refractivity contribution is 5.93. The van der Waals surface area contributed by atoms with Crippen LogP contribution < -0.4 is 0 Å². The van der Waals surface area contributed by atoms with Crippen molar-refractivity contribution in [3.8, 4) is 0 Å². The van der Waals surface area contributed by atoms with Crippen LogP contribution in [0.15, 0.2) is 18.5 Å². The van der Waals surface area contributed by atoms with Crippen LogP contribution in [-0.2, 0) is 13.2 Å². The van der Waals surface area contributed by atoms with Gasteiger partial charge >= 0.3 is 6.18 Å². The quantitative estimate of drug-likeness (QED) is 0.781. The minimum Gasteiger partial charge on any atom is -0.265 e. The molecule has 0 atom stereocenters. The summed E-state index contributed by atoms with van der Waals surface area (Å²) < 4.78 is 39.2. The van der Waals surface area contributed by atoms with Gasteiger partial charge in [-0.2, -0.15) is 23.4 Å². The Balaban J connectivity index is 2.40. The lowest BCUT2D eigenvalue weighted by Crippen LogP contribution is -2.16. The van der Waals surface area contributed by atoms with E-state index in [0.29, 0.717) is 6.07 Å². The molecule has 2 heterocycles. The molecule has 0 unspecified atom stereocenters. The zero-order valence-corrected chi connectivity index (χ0v) is 9.56. The van der Waals surface area contributed by atoms with Gasteiger partial charge in [-0.05, 0) is 12.5 Å². The van der Waals surface area contributed by atoms with Crippen molar-refractivity contribution in [2.75, 3.05) is 0 Å². The number of carbonyl (C=O) groups excluding carboxylic acids is 1. The first-order valence-corrected chi connectivity index (χ1v) is 4.96. The number of aryl methyl sites for hydroxylation is 2. The van der Waals surface area contributed by atoms with Gasteiger partial charge in [0.15, 0.2) is 5.69 Å². The molecule has 18 heavy (non-hydrogen) atoms. The molecule has 2 aromatic heterocycles. The summed E-state index contributed by atoms with van der Waals surface area (Å²) in [4.78, 5) is 11.9. The first-order chi connectivity index (χ1) is 8.29. The molecule has 0 aliphatic heterocycles. The molecule has 0 N–H and O–H groups in total. The van der Waals surface area contributed by atoms with Gasteiger partial charge in [-0.15, -0.1) is 0 Å². The van der Waals surface area contributed by atoms with E-state index in [2.05, 4.69) is 10.2 Å². The van der Waals surface area contributed by atoms with Crippen LogP contribution >= 0.6 is 0 Å². The fourth-order valence-electron chi connectivity index (χ4n) is 1.45. The molecule has 96 valence electrons. The number of carbonyl (C=O) groups is 1. The molecular formula is C10H9F3N4O. The Morgan fingerprint density at radius 3 is 2.50 bits per heavy atom. The summed E-state index contributed by atoms with van der Waals surface area (Å²) in [6.45, 7) is 1.72. The predicted octanol–water partition coefficient (Wildman–Crippen LogP) is 1.63. The van der Waals surface area contributed by atoms with Crippen molar-refractivity contribution in [1.82, 2.24) is 19.6 Å². The molecule has 0 radical (unpaired) electrons. The van der Waals surface area contributed by atoms with Crippen LogP contribution in [0.25, 0.3) is 0 Å². The van der Waals surface area contributed by atoms with Crippen molar-refractivity contribution in [1.29, 1.82) is 0 Å². The molecule has 0 saturated carbocycles. The Kier molecular flexibility index (Phi) is 2.72. The van der Waals surface area contributed by atoms with Crippen LogP contribution in [0.5, 0.6) is 0 Å². The third kappa shape index (κ3) is 2.13. The van der Waals surface area contributed by atoms with Gasteiger partial charge in [0, 0.05) is 19.3 Å². The van der Waals surface area contributed by atoms with Crippen LogP contribution in [0.2, 0.25) is 0 Å². The molecule has 0 aliphatic rings. The first kappa shape index (κ1) is 12.3. The Labute approximate surface area is 99.8 Å². The van der Waals surface area contributed by atoms with Crippen LogP contribution in [-0.4, -0.2) is 25.5 Å². The lowest BCUT2D eigenvalue weighted by atomic mass is 10.3. The monoisotopic (exact) mass is 258 g/mol. The van der Waals surface area contributed by atoms with Gasteiger partial charge in [0.25, 0.3) is 5.91 Å². The molecule has 8 heteroatoms. The Morgan fingerprint density at radius 1 is 1.39 bits per heavy atom. The average Bonchev–Trinajstić information content (AvgIpc) is 2.83. The number of nitrogens with zero attached hydrogens (tertiary/aromatic N) is 4. The molecule has 0 bridgehead atoms. The average molecular weight is 258 g/mol. The fraction of sp³-hybridized carbons (Fsp3) is 0.300. The van der Waals surface area contributed by atoms with Gasteiger partial charge in [-0.25, -0.2) is 4.68 Å². The summed E-state index contributed by atoms with van der Waals surface area (Å²) in [5, 5.41) is 7.01. The summed E-state index contributed by atoms with van der Waals surface area (Å²) in [5.41, 5.74) is -0.538. The van der Waals surface area contributed by atoms with E-state index in [1.165, 1.54) is 19.4 Å². The molecule has 2 rings (SSSR count). The molecule has 0 saturated heterocycles. The molecular weight excluding hydrogens is 249 g/mol. The van der Waals surface area contributed by atoms with Gasteiger partial charge in [-0.3, -0.25) is 9.48 Å². The molecule has 2 aromatic rings. The van der Waals surface area contributed by atoms with Gasteiger partial charge in [0.1, 0.15) is 5.69 Å². The number of halogens is 3. The van der Waals surface area contributed by atoms with E-state index in [1.807, 2.05) is 0 Å². The molecule has 0 spiro atoms. The summed E-state index contributed by atoms with van der Waals surface area (Å²) in [6, 6.07) is 0.708. The standard InChI is InChI=1S/C10H9F3N4O/c1-6-4-14-17(5-6)9(18)7-3-8(10(11,12)13)15-16(7)2/h3-5H,1-2H3. The second-order valence-electron chi connectivity index (χ2n) is 3.80. The number of aromatic nitrogens is 4. The van der Waals surface area contributed by atoms with Gasteiger partial charge in [-0.1, -0.05) is 0 Å². The van der Waals surface area contributed by atoms with Gasteiger partial charge in [0.2, 0.25) is 0 Å². The van der Waals surface area contributed by atoms with E-state index in [1.54, 1.807) is 6.92 Å². The predicted molar refractivity (Wildman–Crippen MR) is 54.9 cm³/mol. The number of alkyl halides is 3. The summed E-state index contributed by atoms with van der Waals surface area (Å²) in [5.74, 6) is -0.659. The largest absolute Gasteiger partial charge is 0.435 e. The second-order valence-corrected chi connectivity index (χ2v) is 3.80. The lowest BCUT2D eigenvalue weighted by molar-refractivity contribution is -0.141. The van der Waals surface area contributed by atoms with E-state index < -0.39 is 17.8 Å². The smallest absolute Gasteiger partial charge is 0.265 e. The maximum atomic E-state index is 12.4. The third-order valence-electron chi connectivity index (χ3n) is 2.31. The van der Waals surface area contributed by atoms with Crippen molar-refractivity contribution in [3.05, 3.63) is 35.4 Å². The van der Waals surface area contributed by atoms with E-state index >= 15 is 0 Å². The molecule has 0 fully saturated rings. The van der Waals surface area contributed by atoms with Crippen LogP contribution in [0.4, 0.5) is 13.2 Å². The Morgan fingerprint density at radius 2 is 2.06 bits per heavy atom. The topological polar surface area (TPSA) is 52.7 Å². The van der Waals surface area contributed by atoms with Crippen LogP contribution in [0.3, 0.4) is 0 Å². The zero-order chi connectivity index (χ0) is 13.5. The summed E-state index contributed by atoms with van der Waals surface area (Å²) >= 11 is 0. The van der Waals surface area contributed by atoms with Gasteiger partial charge < -0.3 is 0 Å². The molecule has 0 aromatic carbocycles. The van der Waals surface area contributed by atoms with Gasteiger partial charge in [0.05, 0.1) is 6.20 Å². The highest BCUT2D eigenvalue weighted by Crippen LogP contribution is 2.28. The maximum absolute atomic E-state index is 12.4. The summed E-state index contributed by atoms with van der Waals surface area (Å²) in [6.07, 6.45) is -1.70. The SMILES string of the molecule is Cc1cnn(C(=O)c2cc(C(F)(F)F)nn2C)c1. The van der Waals surface area contributed by atoms with Crippen molar-refractivity contribution >= 4 is 5.91 Å². The van der Waals surface area contributed by atoms with Crippen molar-refractivity contribution < 1.29 is 18.0 Å². The lowest BCUT2D eigenvalue weighted by Gasteiger charge is -1.99. The van der Waals surface area contributed by atoms with Crippen molar-refractivity contribution in [2.45, 2.75) is 13.1 Å². The second kappa shape index (κ2) is 3.97. The van der Waals surface area contributed by atoms with E-state index in [4.69, 9.17) is 0 Å².